The predicted octanol–water partition coefficient (Wildman–Crippen LogP) is 3.54. The van der Waals surface area contributed by atoms with Gasteiger partial charge in [0.2, 0.25) is 0 Å². The van der Waals surface area contributed by atoms with Gasteiger partial charge in [-0.05, 0) is 52.4 Å². The highest BCUT2D eigenvalue weighted by Crippen LogP contribution is 2.49. The first-order chi connectivity index (χ1) is 8.54. The zero-order chi connectivity index (χ0) is 13.2. The third-order valence-electron chi connectivity index (χ3n) is 3.22. The summed E-state index contributed by atoms with van der Waals surface area (Å²) in [6.45, 7) is 0.832. The molecule has 18 heavy (non-hydrogen) atoms. The average Bonchev–Trinajstić information content (AvgIpc) is 3.10. The van der Waals surface area contributed by atoms with Crippen molar-refractivity contribution in [2.45, 2.75) is 19.3 Å². The van der Waals surface area contributed by atoms with Crippen LogP contribution in [0.2, 0.25) is 0 Å². The molecule has 0 saturated heterocycles. The highest BCUT2D eigenvalue weighted by atomic mass is 79.9. The van der Waals surface area contributed by atoms with Crippen LogP contribution in [0.5, 0.6) is 0 Å². The maximum atomic E-state index is 8.62. The number of nitrogens with zero attached hydrogens (tertiary/aromatic N) is 1. The van der Waals surface area contributed by atoms with Gasteiger partial charge in [0.1, 0.15) is 5.84 Å². The highest BCUT2D eigenvalue weighted by molar-refractivity contribution is 9.11. The van der Waals surface area contributed by atoms with Gasteiger partial charge in [-0.3, -0.25) is 0 Å². The third kappa shape index (κ3) is 3.38. The quantitative estimate of drug-likeness (QED) is 0.318. The van der Waals surface area contributed by atoms with Crippen LogP contribution in [-0.2, 0) is 0 Å². The van der Waals surface area contributed by atoms with E-state index in [1.165, 1.54) is 0 Å². The van der Waals surface area contributed by atoms with E-state index in [0.29, 0.717) is 12.3 Å². The van der Waals surface area contributed by atoms with Gasteiger partial charge in [0.05, 0.1) is 0 Å². The molecule has 1 aliphatic rings. The van der Waals surface area contributed by atoms with Gasteiger partial charge in [0.15, 0.2) is 0 Å². The molecule has 2 rings (SSSR count). The average molecular weight is 377 g/mol. The summed E-state index contributed by atoms with van der Waals surface area (Å²) < 4.78 is 2.07. The lowest BCUT2D eigenvalue weighted by molar-refractivity contribution is 0.315. The molecule has 6 heteroatoms. The second kappa shape index (κ2) is 5.48. The minimum atomic E-state index is 0.151. The van der Waals surface area contributed by atoms with E-state index in [9.17, 15) is 0 Å². The second-order valence-electron chi connectivity index (χ2n) is 4.75. The number of rotatable bonds is 5. The molecule has 0 bridgehead atoms. The van der Waals surface area contributed by atoms with Crippen molar-refractivity contribution in [3.8, 4) is 0 Å². The number of hydrogen-bond acceptors (Lipinski definition) is 3. The molecular weight excluding hydrogens is 362 g/mol. The molecule has 0 unspecified atom stereocenters. The minimum Gasteiger partial charge on any atom is -0.409 e. The number of benzene rings is 1. The van der Waals surface area contributed by atoms with Crippen molar-refractivity contribution in [1.29, 1.82) is 0 Å². The SMILES string of the molecule is NC(CC1(CNc2cc(Br)ccc2Br)CC1)=NO. The van der Waals surface area contributed by atoms with Crippen LogP contribution in [0.1, 0.15) is 19.3 Å². The van der Waals surface area contributed by atoms with E-state index in [2.05, 4.69) is 42.3 Å². The van der Waals surface area contributed by atoms with Crippen LogP contribution in [0.4, 0.5) is 5.69 Å². The van der Waals surface area contributed by atoms with E-state index in [4.69, 9.17) is 10.9 Å². The number of nitrogens with one attached hydrogen (secondary N) is 1. The van der Waals surface area contributed by atoms with Gasteiger partial charge >= 0.3 is 0 Å². The topological polar surface area (TPSA) is 70.6 Å². The lowest BCUT2D eigenvalue weighted by Crippen LogP contribution is -2.23. The van der Waals surface area contributed by atoms with Crippen molar-refractivity contribution in [3.63, 3.8) is 0 Å². The fraction of sp³-hybridized carbons (Fsp3) is 0.417. The molecule has 1 saturated carbocycles. The normalized spacial score (nSPS) is 17.6. The monoisotopic (exact) mass is 375 g/mol. The number of oxime groups is 1. The Hall–Kier alpha value is -0.750. The van der Waals surface area contributed by atoms with Crippen LogP contribution < -0.4 is 11.1 Å². The standard InChI is InChI=1S/C12H15Br2N3O/c13-8-1-2-9(14)10(5-8)16-7-12(3-4-12)6-11(15)17-18/h1-2,5,16,18H,3-4,6-7H2,(H2,15,17). The van der Waals surface area contributed by atoms with Gasteiger partial charge < -0.3 is 16.3 Å². The van der Waals surface area contributed by atoms with Crippen molar-refractivity contribution in [3.05, 3.63) is 27.1 Å². The Morgan fingerprint density at radius 2 is 2.17 bits per heavy atom. The number of amidine groups is 1. The lowest BCUT2D eigenvalue weighted by Gasteiger charge is -2.17. The highest BCUT2D eigenvalue weighted by Gasteiger charge is 2.43. The van der Waals surface area contributed by atoms with E-state index in [1.54, 1.807) is 0 Å². The number of hydrogen-bond donors (Lipinski definition) is 3. The maximum Gasteiger partial charge on any atom is 0.139 e. The Labute approximate surface area is 123 Å². The van der Waals surface area contributed by atoms with Gasteiger partial charge in [-0.2, -0.15) is 0 Å². The summed E-state index contributed by atoms with van der Waals surface area (Å²) in [4.78, 5) is 0. The zero-order valence-electron chi connectivity index (χ0n) is 9.79. The fourth-order valence-corrected chi connectivity index (χ4v) is 2.68. The molecule has 1 fully saturated rings. The molecular formula is C12H15Br2N3O. The van der Waals surface area contributed by atoms with Crippen LogP contribution in [0.3, 0.4) is 0 Å². The van der Waals surface area contributed by atoms with Crippen molar-refractivity contribution >= 4 is 43.4 Å². The Balaban J connectivity index is 1.97. The second-order valence-corrected chi connectivity index (χ2v) is 6.52. The minimum absolute atomic E-state index is 0.151. The number of nitrogens with two attached hydrogens (primary N) is 1. The van der Waals surface area contributed by atoms with Gasteiger partial charge in [-0.1, -0.05) is 21.1 Å². The molecule has 1 aromatic carbocycles. The summed E-state index contributed by atoms with van der Waals surface area (Å²) in [6.07, 6.45) is 2.87. The molecule has 0 aliphatic heterocycles. The summed E-state index contributed by atoms with van der Waals surface area (Å²) in [5.74, 6) is 0.308. The van der Waals surface area contributed by atoms with Gasteiger partial charge in [0.25, 0.3) is 0 Å². The third-order valence-corrected chi connectivity index (χ3v) is 4.41. The van der Waals surface area contributed by atoms with E-state index in [-0.39, 0.29) is 5.41 Å². The van der Waals surface area contributed by atoms with Gasteiger partial charge in [-0.15, -0.1) is 0 Å². The van der Waals surface area contributed by atoms with Crippen LogP contribution in [0.25, 0.3) is 0 Å². The van der Waals surface area contributed by atoms with Crippen LogP contribution in [-0.4, -0.2) is 17.6 Å². The first-order valence-electron chi connectivity index (χ1n) is 5.70. The lowest BCUT2D eigenvalue weighted by atomic mass is 10.0. The fourth-order valence-electron chi connectivity index (χ4n) is 1.93. The molecule has 4 N–H and O–H groups in total. The molecule has 4 nitrogen and oxygen atoms in total. The first kappa shape index (κ1) is 13.7. The summed E-state index contributed by atoms with van der Waals surface area (Å²) in [5.41, 5.74) is 6.78. The molecule has 98 valence electrons. The summed E-state index contributed by atoms with van der Waals surface area (Å²) in [7, 11) is 0. The number of halogens is 2. The molecule has 0 heterocycles. The molecule has 0 radical (unpaired) electrons. The molecule has 0 spiro atoms. The van der Waals surface area contributed by atoms with Crippen molar-refractivity contribution in [2.24, 2.45) is 16.3 Å². The maximum absolute atomic E-state index is 8.62. The zero-order valence-corrected chi connectivity index (χ0v) is 13.0. The van der Waals surface area contributed by atoms with Crippen molar-refractivity contribution in [1.82, 2.24) is 0 Å². The smallest absolute Gasteiger partial charge is 0.139 e. The predicted molar refractivity (Wildman–Crippen MR) is 80.0 cm³/mol. The van der Waals surface area contributed by atoms with Crippen LogP contribution >= 0.6 is 31.9 Å². The molecule has 1 aromatic rings. The van der Waals surface area contributed by atoms with E-state index >= 15 is 0 Å². The summed E-state index contributed by atoms with van der Waals surface area (Å²) in [6, 6.07) is 6.01. The first-order valence-corrected chi connectivity index (χ1v) is 7.29. The molecule has 0 atom stereocenters. The van der Waals surface area contributed by atoms with Crippen LogP contribution in [0.15, 0.2) is 32.3 Å². The molecule has 0 aromatic heterocycles. The Morgan fingerprint density at radius 1 is 1.44 bits per heavy atom. The largest absolute Gasteiger partial charge is 0.409 e. The van der Waals surface area contributed by atoms with E-state index < -0.39 is 0 Å². The van der Waals surface area contributed by atoms with Gasteiger partial charge in [0, 0.05) is 27.6 Å². The Bertz CT molecular complexity index is 472. The van der Waals surface area contributed by atoms with Gasteiger partial charge in [-0.25, -0.2) is 0 Å². The van der Waals surface area contributed by atoms with E-state index in [0.717, 1.165) is 34.0 Å². The summed E-state index contributed by atoms with van der Waals surface area (Å²) >= 11 is 6.96. The Kier molecular flexibility index (Phi) is 4.17. The van der Waals surface area contributed by atoms with Crippen molar-refractivity contribution in [2.75, 3.05) is 11.9 Å². The molecule has 1 aliphatic carbocycles. The number of anilines is 1. The summed E-state index contributed by atoms with van der Waals surface area (Å²) in [5, 5.41) is 15.1. The molecule has 0 amide bonds. The van der Waals surface area contributed by atoms with E-state index in [1.807, 2.05) is 18.2 Å². The van der Waals surface area contributed by atoms with Crippen molar-refractivity contribution < 1.29 is 5.21 Å². The van der Waals surface area contributed by atoms with Crippen LogP contribution in [0, 0.1) is 5.41 Å². The Morgan fingerprint density at radius 3 is 2.78 bits per heavy atom.